The van der Waals surface area contributed by atoms with Crippen LogP contribution >= 0.6 is 12.4 Å². The minimum Gasteiger partial charge on any atom is -0.484 e. The predicted molar refractivity (Wildman–Crippen MR) is 80.7 cm³/mol. The van der Waals surface area contributed by atoms with E-state index in [2.05, 4.69) is 10.1 Å². The minimum atomic E-state index is -4.54. The summed E-state index contributed by atoms with van der Waals surface area (Å²) >= 11 is 0. The summed E-state index contributed by atoms with van der Waals surface area (Å²) in [6.07, 6.45) is -4.54. The third kappa shape index (κ3) is 5.24. The van der Waals surface area contributed by atoms with Gasteiger partial charge >= 0.3 is 6.18 Å². The highest BCUT2D eigenvalue weighted by Crippen LogP contribution is 2.27. The van der Waals surface area contributed by atoms with Gasteiger partial charge in [0.05, 0.1) is 4.92 Å². The molecule has 11 heteroatoms. The molecule has 1 N–H and O–H groups in total. The van der Waals surface area contributed by atoms with Gasteiger partial charge in [0.25, 0.3) is 11.6 Å². The van der Waals surface area contributed by atoms with Crippen molar-refractivity contribution in [1.29, 1.82) is 0 Å². The van der Waals surface area contributed by atoms with Gasteiger partial charge in [-0.2, -0.15) is 13.2 Å². The molecule has 0 bridgehead atoms. The first kappa shape index (κ1) is 20.0. The normalized spacial score (nSPS) is 14.7. The molecule has 1 saturated heterocycles. The lowest BCUT2D eigenvalue weighted by Crippen LogP contribution is -2.46. The molecule has 24 heavy (non-hydrogen) atoms. The Bertz CT molecular complexity index is 607. The van der Waals surface area contributed by atoms with E-state index in [1.165, 1.54) is 4.90 Å². The summed E-state index contributed by atoms with van der Waals surface area (Å²) in [5.41, 5.74) is -0.746. The number of carbonyl (C=O) groups excluding carboxylic acids is 1. The van der Waals surface area contributed by atoms with Gasteiger partial charge < -0.3 is 15.0 Å². The molecule has 1 fully saturated rings. The summed E-state index contributed by atoms with van der Waals surface area (Å²) in [6.45, 7) is 0.285. The summed E-state index contributed by atoms with van der Waals surface area (Å²) in [7, 11) is 0. The number of piperazine rings is 1. The molecule has 1 heterocycles. The fourth-order valence-corrected chi connectivity index (χ4v) is 2.14. The van der Waals surface area contributed by atoms with E-state index in [9.17, 15) is 28.1 Å². The van der Waals surface area contributed by atoms with E-state index in [1.54, 1.807) is 0 Å². The number of nitrogens with zero attached hydrogens (tertiary/aromatic N) is 2. The molecule has 134 valence electrons. The zero-order valence-corrected chi connectivity index (χ0v) is 13.2. The average molecular weight is 370 g/mol. The molecule has 0 radical (unpaired) electrons. The third-order valence-corrected chi connectivity index (χ3v) is 3.20. The fourth-order valence-electron chi connectivity index (χ4n) is 2.14. The van der Waals surface area contributed by atoms with E-state index in [1.807, 2.05) is 0 Å². The second-order valence-corrected chi connectivity index (χ2v) is 4.88. The molecule has 1 aromatic rings. The number of benzene rings is 1. The van der Waals surface area contributed by atoms with Crippen molar-refractivity contribution in [2.45, 2.75) is 6.18 Å². The second-order valence-electron chi connectivity index (χ2n) is 4.88. The van der Waals surface area contributed by atoms with Gasteiger partial charge in [-0.15, -0.1) is 12.4 Å². The first-order chi connectivity index (χ1) is 10.8. The summed E-state index contributed by atoms with van der Waals surface area (Å²) in [5.74, 6) is -0.845. The van der Waals surface area contributed by atoms with Crippen LogP contribution in [0.4, 0.5) is 18.9 Å². The van der Waals surface area contributed by atoms with Gasteiger partial charge in [-0.3, -0.25) is 14.9 Å². The molecule has 0 aromatic heterocycles. The summed E-state index contributed by atoms with van der Waals surface area (Å²) in [4.78, 5) is 24.1. The summed E-state index contributed by atoms with van der Waals surface area (Å²) < 4.78 is 41.1. The van der Waals surface area contributed by atoms with Crippen LogP contribution in [0.15, 0.2) is 18.2 Å². The quantitative estimate of drug-likeness (QED) is 0.648. The third-order valence-electron chi connectivity index (χ3n) is 3.20. The molecular weight excluding hydrogens is 355 g/mol. The molecule has 0 saturated carbocycles. The van der Waals surface area contributed by atoms with Crippen LogP contribution in [-0.4, -0.2) is 54.7 Å². The second kappa shape index (κ2) is 8.15. The number of hydrogen-bond acceptors (Lipinski definition) is 5. The predicted octanol–water partition coefficient (Wildman–Crippen LogP) is 2.00. The van der Waals surface area contributed by atoms with Crippen LogP contribution < -0.4 is 10.1 Å². The maximum absolute atomic E-state index is 12.4. The standard InChI is InChI=1S/C13H14F3N3O4.ClH/c14-13(15,16)8-23-9-1-2-11(19(21)22)10(7-9)12(20)18-5-3-17-4-6-18;/h1-2,7,17H,3-6,8H2;1H. The number of alkyl halides is 3. The van der Waals surface area contributed by atoms with Crippen molar-refractivity contribution in [3.05, 3.63) is 33.9 Å². The molecule has 0 atom stereocenters. The SMILES string of the molecule is Cl.O=C(c1cc(OCC(F)(F)F)ccc1[N+](=O)[O-])N1CCNCC1. The van der Waals surface area contributed by atoms with Gasteiger partial charge in [-0.25, -0.2) is 0 Å². The molecule has 7 nitrogen and oxygen atoms in total. The number of carbonyl (C=O) groups is 1. The molecule has 0 unspecified atom stereocenters. The highest BCUT2D eigenvalue weighted by atomic mass is 35.5. The molecule has 0 aliphatic carbocycles. The Labute approximate surface area is 141 Å². The van der Waals surface area contributed by atoms with E-state index >= 15 is 0 Å². The first-order valence-electron chi connectivity index (χ1n) is 6.76. The lowest BCUT2D eigenvalue weighted by molar-refractivity contribution is -0.385. The van der Waals surface area contributed by atoms with Crippen molar-refractivity contribution < 1.29 is 27.6 Å². The molecule has 1 aliphatic rings. The topological polar surface area (TPSA) is 84.7 Å². The average Bonchev–Trinajstić information content (AvgIpc) is 2.52. The van der Waals surface area contributed by atoms with Gasteiger partial charge in [0, 0.05) is 32.2 Å². The Morgan fingerprint density at radius 2 is 1.96 bits per heavy atom. The Kier molecular flexibility index (Phi) is 6.79. The Morgan fingerprint density at radius 3 is 2.50 bits per heavy atom. The molecule has 0 spiro atoms. The minimum absolute atomic E-state index is 0. The van der Waals surface area contributed by atoms with Crippen LogP contribution in [0.2, 0.25) is 0 Å². The van der Waals surface area contributed by atoms with E-state index in [4.69, 9.17) is 0 Å². The number of halogens is 4. The lowest BCUT2D eigenvalue weighted by atomic mass is 10.1. The summed E-state index contributed by atoms with van der Waals surface area (Å²) in [5, 5.41) is 14.1. The first-order valence-corrected chi connectivity index (χ1v) is 6.76. The molecule has 1 aliphatic heterocycles. The maximum Gasteiger partial charge on any atom is 0.422 e. The van der Waals surface area contributed by atoms with E-state index in [0.29, 0.717) is 26.2 Å². The van der Waals surface area contributed by atoms with Crippen LogP contribution in [0.25, 0.3) is 0 Å². The van der Waals surface area contributed by atoms with E-state index in [0.717, 1.165) is 18.2 Å². The van der Waals surface area contributed by atoms with Crippen molar-refractivity contribution in [2.24, 2.45) is 0 Å². The molecule has 1 aromatic carbocycles. The van der Waals surface area contributed by atoms with Gasteiger partial charge in [0.15, 0.2) is 6.61 Å². The largest absolute Gasteiger partial charge is 0.484 e. The molecule has 2 rings (SSSR count). The number of ether oxygens (including phenoxy) is 1. The van der Waals surface area contributed by atoms with Crippen molar-refractivity contribution in [3.63, 3.8) is 0 Å². The van der Waals surface area contributed by atoms with E-state index < -0.39 is 29.3 Å². The van der Waals surface area contributed by atoms with Crippen molar-refractivity contribution in [2.75, 3.05) is 32.8 Å². The zero-order valence-electron chi connectivity index (χ0n) is 12.3. The number of hydrogen-bond donors (Lipinski definition) is 1. The fraction of sp³-hybridized carbons (Fsp3) is 0.462. The number of amides is 1. The van der Waals surface area contributed by atoms with Crippen LogP contribution in [0.3, 0.4) is 0 Å². The Morgan fingerprint density at radius 1 is 1.33 bits per heavy atom. The number of nitrogens with one attached hydrogen (secondary N) is 1. The van der Waals surface area contributed by atoms with Crippen molar-refractivity contribution in [1.82, 2.24) is 10.2 Å². The Balaban J connectivity index is 0.00000288. The highest BCUT2D eigenvalue weighted by Gasteiger charge is 2.30. The van der Waals surface area contributed by atoms with Crippen molar-refractivity contribution >= 4 is 24.0 Å². The van der Waals surface area contributed by atoms with Crippen molar-refractivity contribution in [3.8, 4) is 5.75 Å². The van der Waals surface area contributed by atoms with E-state index in [-0.39, 0.29) is 23.7 Å². The molecular formula is C13H15ClF3N3O4. The monoisotopic (exact) mass is 369 g/mol. The zero-order chi connectivity index (χ0) is 17.0. The number of nitro benzene ring substituents is 1. The lowest BCUT2D eigenvalue weighted by Gasteiger charge is -2.27. The number of nitro groups is 1. The van der Waals surface area contributed by atoms with Gasteiger partial charge in [-0.05, 0) is 12.1 Å². The van der Waals surface area contributed by atoms with Crippen LogP contribution in [0, 0.1) is 10.1 Å². The maximum atomic E-state index is 12.4. The summed E-state index contributed by atoms with van der Waals surface area (Å²) in [6, 6.07) is 2.99. The number of rotatable bonds is 4. The smallest absolute Gasteiger partial charge is 0.422 e. The van der Waals surface area contributed by atoms with Crippen LogP contribution in [0.5, 0.6) is 5.75 Å². The van der Waals surface area contributed by atoms with Crippen LogP contribution in [-0.2, 0) is 0 Å². The highest BCUT2D eigenvalue weighted by molar-refractivity contribution is 5.98. The van der Waals surface area contributed by atoms with Gasteiger partial charge in [-0.1, -0.05) is 0 Å². The van der Waals surface area contributed by atoms with Gasteiger partial charge in [0.1, 0.15) is 11.3 Å². The Hall–Kier alpha value is -2.07. The van der Waals surface area contributed by atoms with Gasteiger partial charge in [0.2, 0.25) is 0 Å². The van der Waals surface area contributed by atoms with Crippen LogP contribution in [0.1, 0.15) is 10.4 Å². The molecule has 1 amide bonds.